The summed E-state index contributed by atoms with van der Waals surface area (Å²) in [7, 11) is -1.36. The van der Waals surface area contributed by atoms with Crippen LogP contribution in [0.1, 0.15) is 149 Å². The number of aromatic nitrogens is 3. The molecule has 4 aromatic heterocycles. The Kier molecular flexibility index (Phi) is 19.0. The van der Waals surface area contributed by atoms with E-state index in [9.17, 15) is 0 Å². The largest absolute Gasteiger partial charge is 0.455 e. The first kappa shape index (κ1) is 59.9. The Labute approximate surface area is 483 Å². The summed E-state index contributed by atoms with van der Waals surface area (Å²) in [5.74, 6) is 0.653. The van der Waals surface area contributed by atoms with Crippen LogP contribution in [0.2, 0.25) is 19.6 Å². The minimum atomic E-state index is -1.36. The Balaban J connectivity index is 0.000000190. The fourth-order valence-corrected chi connectivity index (χ4v) is 12.3. The molecular formula is C72H87IrN3OSi. The first-order valence-electron chi connectivity index (χ1n) is 28.4. The predicted molar refractivity (Wildman–Crippen MR) is 334 cm³/mol. The van der Waals surface area contributed by atoms with Crippen molar-refractivity contribution in [3.63, 3.8) is 0 Å². The van der Waals surface area contributed by atoms with Crippen LogP contribution in [0.15, 0.2) is 169 Å². The molecule has 409 valence electrons. The molecule has 1 saturated carbocycles. The molecule has 0 unspecified atom stereocenters. The zero-order valence-corrected chi connectivity index (χ0v) is 53.1. The Morgan fingerprint density at radius 2 is 1.06 bits per heavy atom. The van der Waals surface area contributed by atoms with Crippen LogP contribution in [0.5, 0.6) is 0 Å². The summed E-state index contributed by atoms with van der Waals surface area (Å²) in [6, 6.07) is 52.2. The third-order valence-corrected chi connectivity index (χ3v) is 16.9. The number of rotatable bonds is 8. The van der Waals surface area contributed by atoms with Gasteiger partial charge < -0.3 is 4.42 Å². The van der Waals surface area contributed by atoms with Crippen LogP contribution in [0.3, 0.4) is 0 Å². The van der Waals surface area contributed by atoms with E-state index in [-0.39, 0.29) is 30.9 Å². The number of nitrogens with zero attached hydrogens (tertiary/aromatic N) is 3. The molecule has 1 fully saturated rings. The Morgan fingerprint density at radius 3 is 1.64 bits per heavy atom. The zero-order chi connectivity index (χ0) is 55.3. The smallest absolute Gasteiger partial charge is 0.144 e. The van der Waals surface area contributed by atoms with Gasteiger partial charge in [0.05, 0.1) is 25.2 Å². The van der Waals surface area contributed by atoms with Crippen molar-refractivity contribution < 1.29 is 24.5 Å². The van der Waals surface area contributed by atoms with Crippen LogP contribution in [0, 0.1) is 10.8 Å². The maximum absolute atomic E-state index is 6.64. The normalized spacial score (nSPS) is 13.5. The van der Waals surface area contributed by atoms with E-state index in [4.69, 9.17) is 14.4 Å². The summed E-state index contributed by atoms with van der Waals surface area (Å²) in [6.45, 7) is 34.7. The Morgan fingerprint density at radius 1 is 0.487 bits per heavy atom. The van der Waals surface area contributed by atoms with Gasteiger partial charge in [-0.2, -0.15) is 0 Å². The summed E-state index contributed by atoms with van der Waals surface area (Å²) >= 11 is 0. The molecule has 0 amide bonds. The third kappa shape index (κ3) is 15.7. The Hall–Kier alpha value is -5.78. The second-order valence-electron chi connectivity index (χ2n) is 27.3. The zero-order valence-electron chi connectivity index (χ0n) is 49.7. The van der Waals surface area contributed by atoms with Crippen molar-refractivity contribution in [1.82, 2.24) is 15.0 Å². The fourth-order valence-electron chi connectivity index (χ4n) is 10.7. The van der Waals surface area contributed by atoms with Gasteiger partial charge in [-0.25, -0.2) is 0 Å². The van der Waals surface area contributed by atoms with Crippen LogP contribution >= 0.6 is 0 Å². The quantitative estimate of drug-likeness (QED) is 0.142. The Bertz CT molecular complexity index is 3380. The van der Waals surface area contributed by atoms with Gasteiger partial charge in [-0.1, -0.05) is 219 Å². The fraction of sp³-hybridized carbons (Fsp3) is 0.375. The first-order chi connectivity index (χ1) is 36.3. The second-order valence-corrected chi connectivity index (χ2v) is 32.4. The second kappa shape index (κ2) is 24.7. The molecule has 10 rings (SSSR count). The van der Waals surface area contributed by atoms with Crippen molar-refractivity contribution in [1.29, 1.82) is 0 Å². The molecule has 9 aromatic rings. The van der Waals surface area contributed by atoms with Crippen LogP contribution in [0.4, 0.5) is 0 Å². The molecule has 78 heavy (non-hydrogen) atoms. The van der Waals surface area contributed by atoms with Gasteiger partial charge in [0.15, 0.2) is 0 Å². The molecule has 4 nitrogen and oxygen atoms in total. The third-order valence-electron chi connectivity index (χ3n) is 14.9. The summed E-state index contributed by atoms with van der Waals surface area (Å²) in [5, 5.41) is 3.80. The van der Waals surface area contributed by atoms with Gasteiger partial charge in [0, 0.05) is 66.2 Å². The predicted octanol–water partition coefficient (Wildman–Crippen LogP) is 20.2. The van der Waals surface area contributed by atoms with Crippen molar-refractivity contribution in [3.05, 3.63) is 192 Å². The van der Waals surface area contributed by atoms with Crippen molar-refractivity contribution in [3.8, 4) is 44.9 Å². The number of furan rings is 1. The average molecular weight is 1230 g/mol. The van der Waals surface area contributed by atoms with Crippen molar-refractivity contribution in [2.45, 2.75) is 164 Å². The number of pyridine rings is 3. The van der Waals surface area contributed by atoms with E-state index in [1.54, 1.807) is 0 Å². The standard InChI is InChI=1S/C37H41NO.C19H27NSi.C16H19N.Ir/c1-36(2,3)28-19-27(20-29(23-28)37(4,5)6)25-15-16-30-31-13-10-14-32(35(31)39-34(30)22-25)33-21-26(17-18-38-33)24-11-8-7-9-12-24;1-19(2,3)13-16-12-17(15-10-8-7-9-11-15)20-14-18(16)21(4,5)6;1-16(2,3)12-13-9-10-17-15(11-13)14-7-5-4-6-8-14;/h10,13-24H,7-9,11-12H2,1-6H3;7-12,14H,13H2,1-6H3;4-11H,12H2,1-3H3;. The summed E-state index contributed by atoms with van der Waals surface area (Å²) in [6.07, 6.45) is 14.8. The van der Waals surface area contributed by atoms with Crippen LogP contribution < -0.4 is 5.19 Å². The SMILES string of the molecule is CC(C)(C)Cc1cc(-c2ccccc2)ncc1[Si](C)(C)C.CC(C)(C)Cc1ccnc(-c2ccccc2)c1.CC(C)(C)c1cc(-c2ccc3c(c2)oc2c(-c4cc(C5CCCCC5)ccn4)cccc23)cc(C(C)(C)C)c1.[Ir]. The molecule has 0 spiro atoms. The van der Waals surface area contributed by atoms with Crippen molar-refractivity contribution >= 4 is 35.2 Å². The number of benzene rings is 5. The van der Waals surface area contributed by atoms with Crippen LogP contribution in [-0.4, -0.2) is 23.0 Å². The monoisotopic (exact) mass is 1230 g/mol. The molecule has 1 radical (unpaired) electrons. The molecule has 0 N–H and O–H groups in total. The topological polar surface area (TPSA) is 51.8 Å². The van der Waals surface area contributed by atoms with Gasteiger partial charge >= 0.3 is 0 Å². The van der Waals surface area contributed by atoms with E-state index in [0.717, 1.165) is 57.4 Å². The number of hydrogen-bond donors (Lipinski definition) is 0. The maximum atomic E-state index is 6.64. The summed E-state index contributed by atoms with van der Waals surface area (Å²) in [5.41, 5.74) is 18.7. The van der Waals surface area contributed by atoms with Gasteiger partial charge in [-0.05, 0) is 146 Å². The number of para-hydroxylation sites is 1. The summed E-state index contributed by atoms with van der Waals surface area (Å²) in [4.78, 5) is 14.0. The molecule has 0 saturated heterocycles. The van der Waals surface area contributed by atoms with E-state index in [0.29, 0.717) is 16.7 Å². The molecule has 0 atom stereocenters. The van der Waals surface area contributed by atoms with E-state index in [1.807, 2.05) is 30.6 Å². The molecule has 0 aliphatic heterocycles. The first-order valence-corrected chi connectivity index (χ1v) is 31.9. The van der Waals surface area contributed by atoms with E-state index < -0.39 is 8.07 Å². The van der Waals surface area contributed by atoms with Crippen molar-refractivity contribution in [2.24, 2.45) is 10.8 Å². The summed E-state index contributed by atoms with van der Waals surface area (Å²) < 4.78 is 6.64. The van der Waals surface area contributed by atoms with Crippen molar-refractivity contribution in [2.75, 3.05) is 0 Å². The molecule has 0 bridgehead atoms. The number of fused-ring (bicyclic) bond motifs is 3. The van der Waals surface area contributed by atoms with Gasteiger partial charge in [0.2, 0.25) is 0 Å². The van der Waals surface area contributed by atoms with Gasteiger partial charge in [0.1, 0.15) is 11.2 Å². The molecule has 1 aliphatic carbocycles. The van der Waals surface area contributed by atoms with Gasteiger partial charge in [-0.3, -0.25) is 15.0 Å². The van der Waals surface area contributed by atoms with Gasteiger partial charge in [-0.15, -0.1) is 0 Å². The van der Waals surface area contributed by atoms with E-state index in [2.05, 4.69) is 241 Å². The van der Waals surface area contributed by atoms with E-state index >= 15 is 0 Å². The minimum Gasteiger partial charge on any atom is -0.455 e. The van der Waals surface area contributed by atoms with Gasteiger partial charge in [0.25, 0.3) is 0 Å². The minimum absolute atomic E-state index is 0. The number of hydrogen-bond acceptors (Lipinski definition) is 4. The molecule has 1 aliphatic rings. The molecular weight excluding hydrogens is 1140 g/mol. The molecule has 5 aromatic carbocycles. The van der Waals surface area contributed by atoms with Crippen LogP contribution in [0.25, 0.3) is 66.8 Å². The van der Waals surface area contributed by atoms with E-state index in [1.165, 1.54) is 87.4 Å². The van der Waals surface area contributed by atoms with Crippen LogP contribution in [-0.2, 0) is 43.8 Å². The maximum Gasteiger partial charge on any atom is 0.144 e. The average Bonchev–Trinajstić information content (AvgIpc) is 3.93. The molecule has 4 heterocycles. The molecule has 6 heteroatoms.